The van der Waals surface area contributed by atoms with Crippen LogP contribution in [0.2, 0.25) is 0 Å². The molecule has 0 bridgehead atoms. The van der Waals surface area contributed by atoms with Gasteiger partial charge in [0.05, 0.1) is 11.7 Å². The van der Waals surface area contributed by atoms with Gasteiger partial charge in [-0.15, -0.1) is 0 Å². The zero-order chi connectivity index (χ0) is 13.0. The summed E-state index contributed by atoms with van der Waals surface area (Å²) in [6.07, 6.45) is 3.26. The van der Waals surface area contributed by atoms with Gasteiger partial charge in [-0.3, -0.25) is 4.68 Å². The predicted molar refractivity (Wildman–Crippen MR) is 73.0 cm³/mol. The van der Waals surface area contributed by atoms with Crippen molar-refractivity contribution in [1.82, 2.24) is 15.1 Å². The summed E-state index contributed by atoms with van der Waals surface area (Å²) in [5, 5.41) is 8.13. The van der Waals surface area contributed by atoms with Crippen LogP contribution in [0.4, 0.5) is 0 Å². The second kappa shape index (κ2) is 6.34. The fourth-order valence-corrected chi connectivity index (χ4v) is 2.73. The van der Waals surface area contributed by atoms with Gasteiger partial charge in [-0.2, -0.15) is 5.10 Å². The van der Waals surface area contributed by atoms with Crippen LogP contribution in [-0.2, 0) is 11.2 Å². The third kappa shape index (κ3) is 2.93. The summed E-state index contributed by atoms with van der Waals surface area (Å²) in [4.78, 5) is 0. The summed E-state index contributed by atoms with van der Waals surface area (Å²) in [7, 11) is 0. The van der Waals surface area contributed by atoms with Crippen molar-refractivity contribution in [3.05, 3.63) is 17.0 Å². The molecule has 4 heteroatoms. The molecular formula is C14H25N3O. The van der Waals surface area contributed by atoms with Crippen molar-refractivity contribution in [3.8, 4) is 0 Å². The summed E-state index contributed by atoms with van der Waals surface area (Å²) in [6, 6.07) is 0.533. The molecule has 1 aliphatic rings. The molecule has 1 aliphatic heterocycles. The van der Waals surface area contributed by atoms with Gasteiger partial charge in [-0.1, -0.05) is 6.92 Å². The van der Waals surface area contributed by atoms with Crippen molar-refractivity contribution < 1.29 is 4.74 Å². The molecule has 2 rings (SSSR count). The largest absolute Gasteiger partial charge is 0.381 e. The Kier molecular flexibility index (Phi) is 4.78. The van der Waals surface area contributed by atoms with E-state index < -0.39 is 0 Å². The molecule has 0 unspecified atom stereocenters. The molecular weight excluding hydrogens is 226 g/mol. The summed E-state index contributed by atoms with van der Waals surface area (Å²) in [5.41, 5.74) is 3.96. The number of aryl methyl sites for hydroxylation is 1. The molecule has 0 radical (unpaired) electrons. The maximum atomic E-state index is 5.43. The average molecular weight is 251 g/mol. The highest BCUT2D eigenvalue weighted by molar-refractivity contribution is 5.25. The van der Waals surface area contributed by atoms with E-state index >= 15 is 0 Å². The Morgan fingerprint density at radius 2 is 2.06 bits per heavy atom. The number of aromatic nitrogens is 2. The normalized spacial score (nSPS) is 17.3. The number of ether oxygens (including phenoxy) is 1. The van der Waals surface area contributed by atoms with E-state index in [4.69, 9.17) is 9.84 Å². The third-order valence-corrected chi connectivity index (χ3v) is 3.81. The second-order valence-electron chi connectivity index (χ2n) is 5.04. The zero-order valence-electron chi connectivity index (χ0n) is 11.8. The first-order valence-electron chi connectivity index (χ1n) is 7.07. The summed E-state index contributed by atoms with van der Waals surface area (Å²) >= 11 is 0. The van der Waals surface area contributed by atoms with E-state index in [9.17, 15) is 0 Å². The lowest BCUT2D eigenvalue weighted by Crippen LogP contribution is -2.21. The topological polar surface area (TPSA) is 39.1 Å². The molecule has 0 atom stereocenters. The van der Waals surface area contributed by atoms with Crippen LogP contribution in [0, 0.1) is 13.8 Å². The van der Waals surface area contributed by atoms with Crippen LogP contribution in [0.3, 0.4) is 0 Å². The zero-order valence-corrected chi connectivity index (χ0v) is 11.8. The lowest BCUT2D eigenvalue weighted by Gasteiger charge is -2.23. The van der Waals surface area contributed by atoms with Crippen molar-refractivity contribution in [1.29, 1.82) is 0 Å². The van der Waals surface area contributed by atoms with E-state index in [1.165, 1.54) is 17.0 Å². The molecule has 2 heterocycles. The third-order valence-electron chi connectivity index (χ3n) is 3.81. The number of likely N-dealkylation sites (N-methyl/N-ethyl adjacent to an activating group) is 1. The molecule has 0 saturated carbocycles. The van der Waals surface area contributed by atoms with Crippen molar-refractivity contribution in [2.75, 3.05) is 26.3 Å². The number of rotatable bonds is 5. The fourth-order valence-electron chi connectivity index (χ4n) is 2.73. The minimum atomic E-state index is 0.533. The van der Waals surface area contributed by atoms with E-state index in [1.807, 2.05) is 0 Å². The number of hydrogen-bond acceptors (Lipinski definition) is 3. The van der Waals surface area contributed by atoms with E-state index in [0.29, 0.717) is 6.04 Å². The van der Waals surface area contributed by atoms with Crippen LogP contribution < -0.4 is 5.32 Å². The van der Waals surface area contributed by atoms with Crippen LogP contribution in [0.1, 0.15) is 42.8 Å². The maximum absolute atomic E-state index is 5.43. The number of hydrogen-bond donors (Lipinski definition) is 1. The smallest absolute Gasteiger partial charge is 0.0629 e. The predicted octanol–water partition coefficient (Wildman–Crippen LogP) is 2.00. The van der Waals surface area contributed by atoms with E-state index in [-0.39, 0.29) is 0 Å². The van der Waals surface area contributed by atoms with Crippen molar-refractivity contribution in [3.63, 3.8) is 0 Å². The van der Waals surface area contributed by atoms with Gasteiger partial charge in [0, 0.05) is 18.9 Å². The SMILES string of the molecule is CCNCCc1c(C)nn(C2CCOCC2)c1C. The fraction of sp³-hybridized carbons (Fsp3) is 0.786. The van der Waals surface area contributed by atoms with E-state index in [2.05, 4.69) is 30.8 Å². The van der Waals surface area contributed by atoms with Crippen molar-refractivity contribution in [2.45, 2.75) is 46.1 Å². The molecule has 1 fully saturated rings. The monoisotopic (exact) mass is 251 g/mol. The highest BCUT2D eigenvalue weighted by atomic mass is 16.5. The van der Waals surface area contributed by atoms with Crippen LogP contribution >= 0.6 is 0 Å². The van der Waals surface area contributed by atoms with Gasteiger partial charge in [-0.25, -0.2) is 0 Å². The minimum absolute atomic E-state index is 0.533. The first kappa shape index (κ1) is 13.6. The first-order chi connectivity index (χ1) is 8.74. The minimum Gasteiger partial charge on any atom is -0.381 e. The lowest BCUT2D eigenvalue weighted by atomic mass is 10.1. The molecule has 1 N–H and O–H groups in total. The molecule has 0 aliphatic carbocycles. The van der Waals surface area contributed by atoms with Crippen LogP contribution in [-0.4, -0.2) is 36.1 Å². The molecule has 102 valence electrons. The van der Waals surface area contributed by atoms with Gasteiger partial charge in [0.15, 0.2) is 0 Å². The van der Waals surface area contributed by atoms with Gasteiger partial charge >= 0.3 is 0 Å². The molecule has 0 spiro atoms. The Morgan fingerprint density at radius 3 is 2.72 bits per heavy atom. The Labute approximate surface area is 110 Å². The summed E-state index contributed by atoms with van der Waals surface area (Å²) in [6.45, 7) is 10.3. The van der Waals surface area contributed by atoms with Gasteiger partial charge in [0.25, 0.3) is 0 Å². The van der Waals surface area contributed by atoms with Crippen molar-refractivity contribution in [2.24, 2.45) is 0 Å². The van der Waals surface area contributed by atoms with Gasteiger partial charge < -0.3 is 10.1 Å². The van der Waals surface area contributed by atoms with Crippen LogP contribution in [0.5, 0.6) is 0 Å². The van der Waals surface area contributed by atoms with Gasteiger partial charge in [-0.05, 0) is 51.8 Å². The lowest BCUT2D eigenvalue weighted by molar-refractivity contribution is 0.0656. The summed E-state index contributed by atoms with van der Waals surface area (Å²) in [5.74, 6) is 0. The first-order valence-corrected chi connectivity index (χ1v) is 7.07. The highest BCUT2D eigenvalue weighted by Gasteiger charge is 2.20. The van der Waals surface area contributed by atoms with Crippen molar-refractivity contribution >= 4 is 0 Å². The average Bonchev–Trinajstić information content (AvgIpc) is 2.68. The van der Waals surface area contributed by atoms with Crippen LogP contribution in [0.25, 0.3) is 0 Å². The quantitative estimate of drug-likeness (QED) is 0.814. The molecule has 1 aromatic heterocycles. The Balaban J connectivity index is 2.09. The molecule has 18 heavy (non-hydrogen) atoms. The molecule has 0 aromatic carbocycles. The van der Waals surface area contributed by atoms with E-state index in [1.54, 1.807) is 0 Å². The standard InChI is InChI=1S/C14H25N3O/c1-4-15-8-5-14-11(2)16-17(12(14)3)13-6-9-18-10-7-13/h13,15H,4-10H2,1-3H3. The molecule has 1 aromatic rings. The number of nitrogens with one attached hydrogen (secondary N) is 1. The Morgan fingerprint density at radius 1 is 1.33 bits per heavy atom. The molecule has 1 saturated heterocycles. The van der Waals surface area contributed by atoms with Gasteiger partial charge in [0.1, 0.15) is 0 Å². The Bertz CT molecular complexity index is 381. The maximum Gasteiger partial charge on any atom is 0.0629 e. The van der Waals surface area contributed by atoms with E-state index in [0.717, 1.165) is 45.6 Å². The summed E-state index contributed by atoms with van der Waals surface area (Å²) < 4.78 is 7.66. The molecule has 4 nitrogen and oxygen atoms in total. The highest BCUT2D eigenvalue weighted by Crippen LogP contribution is 2.24. The van der Waals surface area contributed by atoms with Crippen LogP contribution in [0.15, 0.2) is 0 Å². The Hall–Kier alpha value is -0.870. The number of nitrogens with zero attached hydrogens (tertiary/aromatic N) is 2. The molecule has 0 amide bonds. The second-order valence-corrected chi connectivity index (χ2v) is 5.04. The van der Waals surface area contributed by atoms with Gasteiger partial charge in [0.2, 0.25) is 0 Å².